The third-order valence-corrected chi connectivity index (χ3v) is 3.65. The zero-order chi connectivity index (χ0) is 15.7. The van der Waals surface area contributed by atoms with Gasteiger partial charge < -0.3 is 10.5 Å². The van der Waals surface area contributed by atoms with Crippen LogP contribution in [0.3, 0.4) is 0 Å². The first-order chi connectivity index (χ1) is 10.6. The van der Waals surface area contributed by atoms with Gasteiger partial charge in [-0.3, -0.25) is 14.6 Å². The minimum absolute atomic E-state index is 0.281. The molecular formula is C16H11N3O3. The number of hydrogen-bond donors (Lipinski definition) is 1. The second-order valence-electron chi connectivity index (χ2n) is 4.92. The van der Waals surface area contributed by atoms with Crippen LogP contribution in [-0.2, 0) is 9.59 Å². The Bertz CT molecular complexity index is 796. The number of fused-ring (bicyclic) bond motifs is 1. The van der Waals surface area contributed by atoms with Crippen LogP contribution in [0, 0.1) is 17.2 Å². The number of rotatable bonds is 2. The number of nitriles is 1. The second-order valence-corrected chi connectivity index (χ2v) is 4.92. The van der Waals surface area contributed by atoms with Crippen molar-refractivity contribution < 1.29 is 14.3 Å². The maximum atomic E-state index is 12.2. The Hall–Kier alpha value is -3.20. The molecule has 1 amide bonds. The first-order valence-electron chi connectivity index (χ1n) is 6.57. The van der Waals surface area contributed by atoms with Gasteiger partial charge in [-0.1, -0.05) is 6.07 Å². The predicted octanol–water partition coefficient (Wildman–Crippen LogP) is 1.11. The summed E-state index contributed by atoms with van der Waals surface area (Å²) >= 11 is 0. The Balaban J connectivity index is 2.21. The van der Waals surface area contributed by atoms with Crippen molar-refractivity contribution in [1.82, 2.24) is 4.98 Å². The number of aromatic nitrogens is 1. The van der Waals surface area contributed by atoms with E-state index < -0.39 is 23.7 Å². The Morgan fingerprint density at radius 1 is 1.27 bits per heavy atom. The molecule has 0 fully saturated rings. The number of benzene rings is 1. The van der Waals surface area contributed by atoms with Gasteiger partial charge in [0, 0.05) is 23.9 Å². The highest BCUT2D eigenvalue weighted by Crippen LogP contribution is 2.42. The fourth-order valence-corrected chi connectivity index (χ4v) is 2.66. The average Bonchev–Trinajstić information content (AvgIpc) is 2.53. The summed E-state index contributed by atoms with van der Waals surface area (Å²) in [5.74, 6) is -2.84. The van der Waals surface area contributed by atoms with Crippen LogP contribution in [0.25, 0.3) is 0 Å². The van der Waals surface area contributed by atoms with Crippen molar-refractivity contribution in [3.8, 4) is 11.8 Å². The molecule has 2 N–H and O–H groups in total. The van der Waals surface area contributed by atoms with Crippen molar-refractivity contribution in [3.63, 3.8) is 0 Å². The summed E-state index contributed by atoms with van der Waals surface area (Å²) in [6.07, 6.45) is 3.16. The van der Waals surface area contributed by atoms with Gasteiger partial charge in [0.1, 0.15) is 11.7 Å². The lowest BCUT2D eigenvalue weighted by atomic mass is 9.78. The van der Waals surface area contributed by atoms with E-state index in [1.54, 1.807) is 36.7 Å². The van der Waals surface area contributed by atoms with Crippen LogP contribution < -0.4 is 10.5 Å². The van der Waals surface area contributed by atoms with Crippen molar-refractivity contribution >= 4 is 11.9 Å². The van der Waals surface area contributed by atoms with Crippen molar-refractivity contribution in [1.29, 1.82) is 5.26 Å². The summed E-state index contributed by atoms with van der Waals surface area (Å²) < 4.78 is 5.19. The lowest BCUT2D eigenvalue weighted by Crippen LogP contribution is -2.41. The van der Waals surface area contributed by atoms with Crippen molar-refractivity contribution in [2.75, 3.05) is 0 Å². The maximum absolute atomic E-state index is 12.2. The van der Waals surface area contributed by atoms with E-state index in [9.17, 15) is 9.59 Å². The van der Waals surface area contributed by atoms with Crippen LogP contribution in [0.1, 0.15) is 22.6 Å². The molecule has 1 aromatic carbocycles. The number of hydrogen-bond acceptors (Lipinski definition) is 5. The van der Waals surface area contributed by atoms with Crippen molar-refractivity contribution in [2.45, 2.75) is 5.92 Å². The number of esters is 1. The molecule has 1 aliphatic rings. The fourth-order valence-electron chi connectivity index (χ4n) is 2.66. The summed E-state index contributed by atoms with van der Waals surface area (Å²) in [6, 6.07) is 10.2. The number of nitrogens with two attached hydrogens (primary N) is 1. The molecule has 2 heterocycles. The summed E-state index contributed by atoms with van der Waals surface area (Å²) in [7, 11) is 0. The molecule has 6 heteroatoms. The highest BCUT2D eigenvalue weighted by Gasteiger charge is 2.42. The van der Waals surface area contributed by atoms with Crippen molar-refractivity contribution in [3.05, 3.63) is 59.4 Å². The van der Waals surface area contributed by atoms with Crippen LogP contribution in [-0.4, -0.2) is 16.9 Å². The highest BCUT2D eigenvalue weighted by molar-refractivity contribution is 6.00. The third kappa shape index (κ3) is 2.19. The average molecular weight is 293 g/mol. The second kappa shape index (κ2) is 5.30. The van der Waals surface area contributed by atoms with E-state index in [0.717, 1.165) is 5.56 Å². The molecule has 0 radical (unpaired) electrons. The number of ether oxygens (including phenoxy) is 1. The van der Waals surface area contributed by atoms with E-state index in [4.69, 9.17) is 15.7 Å². The molecule has 6 nitrogen and oxygen atoms in total. The monoisotopic (exact) mass is 293 g/mol. The molecule has 0 saturated carbocycles. The van der Waals surface area contributed by atoms with E-state index >= 15 is 0 Å². The predicted molar refractivity (Wildman–Crippen MR) is 75.6 cm³/mol. The fraction of sp³-hybridized carbons (Fsp3) is 0.125. The minimum Gasteiger partial charge on any atom is -0.426 e. The molecule has 3 rings (SSSR count). The van der Waals surface area contributed by atoms with E-state index in [1.807, 2.05) is 6.07 Å². The Morgan fingerprint density at radius 3 is 2.64 bits per heavy atom. The molecule has 0 bridgehead atoms. The summed E-state index contributed by atoms with van der Waals surface area (Å²) in [4.78, 5) is 27.8. The standard InChI is InChI=1S/C16H11N3O3/c17-8-9-1-2-11-12(7-9)22-16(21)14(15(18)20)13(11)10-3-5-19-6-4-10/h1-7,13-14H,(H2,18,20). The Morgan fingerprint density at radius 2 is 2.00 bits per heavy atom. The first-order valence-corrected chi connectivity index (χ1v) is 6.57. The Kier molecular flexibility index (Phi) is 3.31. The zero-order valence-corrected chi connectivity index (χ0v) is 11.4. The number of pyridine rings is 1. The quantitative estimate of drug-likeness (QED) is 0.507. The first kappa shape index (κ1) is 13.8. The van der Waals surface area contributed by atoms with Crippen LogP contribution in [0.15, 0.2) is 42.7 Å². The lowest BCUT2D eigenvalue weighted by Gasteiger charge is -2.30. The molecule has 1 aliphatic heterocycles. The SMILES string of the molecule is N#Cc1ccc2c(c1)OC(=O)C(C(N)=O)C2c1ccncc1. The molecule has 0 spiro atoms. The highest BCUT2D eigenvalue weighted by atomic mass is 16.5. The molecule has 2 atom stereocenters. The molecule has 2 unspecified atom stereocenters. The van der Waals surface area contributed by atoms with E-state index in [2.05, 4.69) is 4.98 Å². The van der Waals surface area contributed by atoms with Gasteiger partial charge in [-0.15, -0.1) is 0 Å². The third-order valence-electron chi connectivity index (χ3n) is 3.65. The molecule has 0 aliphatic carbocycles. The molecule has 2 aromatic rings. The van der Waals surface area contributed by atoms with Crippen LogP contribution in [0.4, 0.5) is 0 Å². The van der Waals surface area contributed by atoms with Gasteiger partial charge in [-0.05, 0) is 29.8 Å². The minimum atomic E-state index is -1.11. The van der Waals surface area contributed by atoms with Crippen LogP contribution in [0.2, 0.25) is 0 Å². The van der Waals surface area contributed by atoms with Crippen molar-refractivity contribution in [2.24, 2.45) is 11.7 Å². The number of primary amides is 1. The summed E-state index contributed by atoms with van der Waals surface area (Å²) in [6.45, 7) is 0. The van der Waals surface area contributed by atoms with Gasteiger partial charge in [0.15, 0.2) is 0 Å². The number of nitrogens with zero attached hydrogens (tertiary/aromatic N) is 2. The van der Waals surface area contributed by atoms with E-state index in [0.29, 0.717) is 11.1 Å². The summed E-state index contributed by atoms with van der Waals surface area (Å²) in [5, 5.41) is 8.96. The van der Waals surface area contributed by atoms with E-state index in [1.165, 1.54) is 6.07 Å². The zero-order valence-electron chi connectivity index (χ0n) is 11.4. The lowest BCUT2D eigenvalue weighted by molar-refractivity contribution is -0.145. The van der Waals surface area contributed by atoms with Gasteiger partial charge in [-0.2, -0.15) is 5.26 Å². The number of carbonyl (C=O) groups is 2. The van der Waals surface area contributed by atoms with Gasteiger partial charge in [0.25, 0.3) is 0 Å². The summed E-state index contributed by atoms with van der Waals surface area (Å²) in [5.41, 5.74) is 7.15. The van der Waals surface area contributed by atoms with Gasteiger partial charge >= 0.3 is 5.97 Å². The largest absolute Gasteiger partial charge is 0.426 e. The maximum Gasteiger partial charge on any atom is 0.324 e. The van der Waals surface area contributed by atoms with Crippen LogP contribution in [0.5, 0.6) is 5.75 Å². The van der Waals surface area contributed by atoms with Crippen LogP contribution >= 0.6 is 0 Å². The molecule has 108 valence electrons. The van der Waals surface area contributed by atoms with Gasteiger partial charge in [0.05, 0.1) is 11.6 Å². The van der Waals surface area contributed by atoms with E-state index in [-0.39, 0.29) is 5.75 Å². The molecule has 0 saturated heterocycles. The number of carbonyl (C=O) groups excluding carboxylic acids is 2. The normalized spacial score (nSPS) is 19.7. The number of amides is 1. The Labute approximate surface area is 126 Å². The van der Waals surface area contributed by atoms with Gasteiger partial charge in [-0.25, -0.2) is 0 Å². The smallest absolute Gasteiger partial charge is 0.324 e. The molecule has 22 heavy (non-hydrogen) atoms. The topological polar surface area (TPSA) is 106 Å². The van der Waals surface area contributed by atoms with Gasteiger partial charge in [0.2, 0.25) is 5.91 Å². The molecule has 1 aromatic heterocycles. The molecular weight excluding hydrogens is 282 g/mol.